The second-order valence-electron chi connectivity index (χ2n) is 4.39. The summed E-state index contributed by atoms with van der Waals surface area (Å²) in [6, 6.07) is 3.38. The van der Waals surface area contributed by atoms with Crippen LogP contribution in [-0.2, 0) is 16.0 Å². The smallest absolute Gasteiger partial charge is 0.328 e. The van der Waals surface area contributed by atoms with Crippen LogP contribution < -0.4 is 5.32 Å². The third kappa shape index (κ3) is 4.65. The normalized spacial score (nSPS) is 13.6. The molecule has 0 aliphatic heterocycles. The van der Waals surface area contributed by atoms with Gasteiger partial charge in [0.1, 0.15) is 6.67 Å². The van der Waals surface area contributed by atoms with Gasteiger partial charge in [-0.25, -0.2) is 9.18 Å². The number of amides is 1. The number of carbonyl (C=O) groups is 2. The Balaban J connectivity index is 2.68. The van der Waals surface area contributed by atoms with E-state index in [1.807, 2.05) is 0 Å². The first-order valence-electron chi connectivity index (χ1n) is 5.88. The van der Waals surface area contributed by atoms with Crippen LogP contribution in [0, 0.1) is 5.92 Å². The van der Waals surface area contributed by atoms with Gasteiger partial charge in [0.15, 0.2) is 6.04 Å². The van der Waals surface area contributed by atoms with E-state index in [-0.39, 0.29) is 0 Å². The van der Waals surface area contributed by atoms with E-state index in [0.717, 1.165) is 0 Å². The number of alkyl halides is 1. The molecule has 1 aromatic carbocycles. The number of hydrogen-bond acceptors (Lipinski definition) is 2. The Labute approximate surface area is 125 Å². The van der Waals surface area contributed by atoms with Crippen molar-refractivity contribution in [3.63, 3.8) is 0 Å². The third-order valence-electron chi connectivity index (χ3n) is 2.76. The molecule has 2 N–H and O–H groups in total. The maximum atomic E-state index is 12.4. The summed E-state index contributed by atoms with van der Waals surface area (Å²) in [6.45, 7) is 0.451. The molecular formula is C13H14Cl2FNO3. The molecule has 0 aliphatic carbocycles. The van der Waals surface area contributed by atoms with Gasteiger partial charge < -0.3 is 10.4 Å². The predicted molar refractivity (Wildman–Crippen MR) is 74.9 cm³/mol. The minimum Gasteiger partial charge on any atom is -0.480 e. The first kappa shape index (κ1) is 16.7. The molecule has 0 radical (unpaired) electrons. The van der Waals surface area contributed by atoms with E-state index in [9.17, 15) is 14.0 Å². The average Bonchev–Trinajstić information content (AvgIpc) is 2.38. The molecule has 0 saturated heterocycles. The minimum absolute atomic E-state index is 0.306. The highest BCUT2D eigenvalue weighted by Gasteiger charge is 2.23. The first-order chi connectivity index (χ1) is 9.35. The summed E-state index contributed by atoms with van der Waals surface area (Å²) in [5, 5.41) is 11.7. The molecule has 7 heteroatoms. The molecule has 20 heavy (non-hydrogen) atoms. The molecular weight excluding hydrogens is 308 g/mol. The molecule has 0 fully saturated rings. The lowest BCUT2D eigenvalue weighted by molar-refractivity contribution is -0.142. The number of aliphatic carboxylic acids is 1. The van der Waals surface area contributed by atoms with E-state index in [1.165, 1.54) is 0 Å². The van der Waals surface area contributed by atoms with Crippen molar-refractivity contribution in [1.29, 1.82) is 0 Å². The van der Waals surface area contributed by atoms with Crippen molar-refractivity contribution in [2.45, 2.75) is 19.4 Å². The van der Waals surface area contributed by atoms with Crippen molar-refractivity contribution in [3.8, 4) is 0 Å². The number of hydrogen-bond donors (Lipinski definition) is 2. The van der Waals surface area contributed by atoms with E-state index < -0.39 is 30.5 Å². The number of carboxylic acids is 1. The largest absolute Gasteiger partial charge is 0.480 e. The lowest BCUT2D eigenvalue weighted by atomic mass is 10.00. The second kappa shape index (κ2) is 7.45. The average molecular weight is 322 g/mol. The highest BCUT2D eigenvalue weighted by atomic mass is 35.5. The summed E-state index contributed by atoms with van der Waals surface area (Å²) in [6.07, 6.45) is 0.306. The number of rotatable bonds is 6. The van der Waals surface area contributed by atoms with Gasteiger partial charge in [0.05, 0.1) is 0 Å². The van der Waals surface area contributed by atoms with Crippen molar-refractivity contribution in [1.82, 2.24) is 5.32 Å². The highest BCUT2D eigenvalue weighted by molar-refractivity contribution is 6.35. The summed E-state index contributed by atoms with van der Waals surface area (Å²) in [5.74, 6) is -2.49. The van der Waals surface area contributed by atoms with Crippen LogP contribution in [0.4, 0.5) is 4.39 Å². The Hall–Kier alpha value is -1.33. The Kier molecular flexibility index (Phi) is 6.23. The van der Waals surface area contributed by atoms with E-state index in [4.69, 9.17) is 28.3 Å². The molecule has 0 aromatic heterocycles. The molecule has 0 heterocycles. The maximum Gasteiger partial charge on any atom is 0.328 e. The summed E-state index contributed by atoms with van der Waals surface area (Å²) < 4.78 is 12.4. The summed E-state index contributed by atoms with van der Waals surface area (Å²) in [5.41, 5.74) is 0.714. The van der Waals surface area contributed by atoms with Crippen LogP contribution in [0.5, 0.6) is 0 Å². The second-order valence-corrected chi connectivity index (χ2v) is 5.24. The fourth-order valence-corrected chi connectivity index (χ4v) is 2.08. The zero-order valence-corrected chi connectivity index (χ0v) is 12.2. The topological polar surface area (TPSA) is 66.4 Å². The number of carboxylic acid groups (broad SMARTS) is 1. The van der Waals surface area contributed by atoms with Crippen LogP contribution in [0.1, 0.15) is 12.5 Å². The van der Waals surface area contributed by atoms with Gasteiger partial charge in [-0.1, -0.05) is 36.2 Å². The molecule has 0 bridgehead atoms. The van der Waals surface area contributed by atoms with Crippen LogP contribution in [0.25, 0.3) is 0 Å². The molecule has 2 atom stereocenters. The van der Waals surface area contributed by atoms with Crippen molar-refractivity contribution < 1.29 is 19.1 Å². The van der Waals surface area contributed by atoms with Crippen LogP contribution in [0.15, 0.2) is 18.2 Å². The molecule has 0 aliphatic rings. The minimum atomic E-state index is -1.52. The molecule has 1 rings (SSSR count). The van der Waals surface area contributed by atoms with E-state index in [2.05, 4.69) is 5.32 Å². The Morgan fingerprint density at radius 2 is 2.05 bits per heavy atom. The van der Waals surface area contributed by atoms with Gasteiger partial charge in [-0.15, -0.1) is 0 Å². The van der Waals surface area contributed by atoms with Gasteiger partial charge in [-0.3, -0.25) is 4.79 Å². The Morgan fingerprint density at radius 3 is 2.55 bits per heavy atom. The SMILES string of the molecule is CC(Cc1ccc(Cl)cc1Cl)C(=O)NC(CF)C(=O)O. The van der Waals surface area contributed by atoms with Gasteiger partial charge in [-0.05, 0) is 24.1 Å². The molecule has 0 spiro atoms. The first-order valence-corrected chi connectivity index (χ1v) is 6.63. The molecule has 1 amide bonds. The van der Waals surface area contributed by atoms with Crippen LogP contribution in [0.2, 0.25) is 10.0 Å². The standard InChI is InChI=1S/C13H14Cl2FNO3/c1-7(12(18)17-11(6-16)13(19)20)4-8-2-3-9(14)5-10(8)15/h2-3,5,7,11H,4,6H2,1H3,(H,17,18)(H,19,20). The fourth-order valence-electron chi connectivity index (χ4n) is 1.59. The van der Waals surface area contributed by atoms with Crippen LogP contribution in [0.3, 0.4) is 0 Å². The fraction of sp³-hybridized carbons (Fsp3) is 0.385. The molecule has 2 unspecified atom stereocenters. The molecule has 110 valence electrons. The van der Waals surface area contributed by atoms with E-state index in [1.54, 1.807) is 25.1 Å². The van der Waals surface area contributed by atoms with E-state index in [0.29, 0.717) is 22.0 Å². The summed E-state index contributed by atoms with van der Waals surface area (Å²) >= 11 is 11.8. The van der Waals surface area contributed by atoms with Gasteiger partial charge in [0.2, 0.25) is 5.91 Å². The molecule has 0 saturated carbocycles. The number of halogens is 3. The lowest BCUT2D eigenvalue weighted by Crippen LogP contribution is -2.44. The quantitative estimate of drug-likeness (QED) is 0.846. The van der Waals surface area contributed by atoms with Gasteiger partial charge in [-0.2, -0.15) is 0 Å². The third-order valence-corrected chi connectivity index (χ3v) is 3.34. The molecule has 4 nitrogen and oxygen atoms in total. The number of carbonyl (C=O) groups excluding carboxylic acids is 1. The predicted octanol–water partition coefficient (Wildman–Crippen LogP) is 2.71. The van der Waals surface area contributed by atoms with Crippen molar-refractivity contribution in [3.05, 3.63) is 33.8 Å². The summed E-state index contributed by atoms with van der Waals surface area (Å²) in [4.78, 5) is 22.4. The van der Waals surface area contributed by atoms with Crippen molar-refractivity contribution >= 4 is 35.1 Å². The monoisotopic (exact) mass is 321 g/mol. The maximum absolute atomic E-state index is 12.4. The highest BCUT2D eigenvalue weighted by Crippen LogP contribution is 2.23. The van der Waals surface area contributed by atoms with Gasteiger partial charge in [0, 0.05) is 16.0 Å². The zero-order chi connectivity index (χ0) is 15.3. The van der Waals surface area contributed by atoms with Crippen LogP contribution >= 0.6 is 23.2 Å². The van der Waals surface area contributed by atoms with Crippen molar-refractivity contribution in [2.24, 2.45) is 5.92 Å². The molecule has 1 aromatic rings. The van der Waals surface area contributed by atoms with Gasteiger partial charge >= 0.3 is 5.97 Å². The summed E-state index contributed by atoms with van der Waals surface area (Å²) in [7, 11) is 0. The Morgan fingerprint density at radius 1 is 1.40 bits per heavy atom. The van der Waals surface area contributed by atoms with Gasteiger partial charge in [0.25, 0.3) is 0 Å². The number of nitrogens with one attached hydrogen (secondary N) is 1. The Bertz CT molecular complexity index is 510. The van der Waals surface area contributed by atoms with E-state index >= 15 is 0 Å². The lowest BCUT2D eigenvalue weighted by Gasteiger charge is -2.16. The number of benzene rings is 1. The zero-order valence-electron chi connectivity index (χ0n) is 10.7. The van der Waals surface area contributed by atoms with Crippen molar-refractivity contribution in [2.75, 3.05) is 6.67 Å². The van der Waals surface area contributed by atoms with Crippen LogP contribution in [-0.4, -0.2) is 29.7 Å².